The van der Waals surface area contributed by atoms with Crippen LogP contribution in [0, 0.1) is 0 Å². The third kappa shape index (κ3) is 2.60. The molecule has 2 heterocycles. The van der Waals surface area contributed by atoms with Gasteiger partial charge in [0.15, 0.2) is 5.69 Å². The van der Waals surface area contributed by atoms with Crippen molar-refractivity contribution in [1.82, 2.24) is 14.9 Å². The molecule has 0 aromatic carbocycles. The summed E-state index contributed by atoms with van der Waals surface area (Å²) in [6, 6.07) is 0. The number of nitrogens with zero attached hydrogens (tertiary/aromatic N) is 3. The van der Waals surface area contributed by atoms with Crippen molar-refractivity contribution in [3.05, 3.63) is 17.7 Å². The topological polar surface area (TPSA) is 84.1 Å². The molecule has 1 saturated heterocycles. The minimum Gasteiger partial charge on any atom is -0.332 e. The zero-order valence-electron chi connectivity index (χ0n) is 12.6. The van der Waals surface area contributed by atoms with Crippen LogP contribution in [0.25, 0.3) is 0 Å². The summed E-state index contributed by atoms with van der Waals surface area (Å²) in [4.78, 5) is 23.3. The van der Waals surface area contributed by atoms with Gasteiger partial charge in [-0.15, -0.1) is 0 Å². The van der Waals surface area contributed by atoms with Crippen molar-refractivity contribution in [2.45, 2.75) is 52.0 Å². The Morgan fingerprint density at radius 1 is 1.50 bits per heavy atom. The quantitative estimate of drug-likeness (QED) is 0.651. The maximum absolute atomic E-state index is 12.8. The molecule has 1 aliphatic rings. The van der Waals surface area contributed by atoms with Crippen molar-refractivity contribution in [3.63, 3.8) is 0 Å². The Labute approximate surface area is 119 Å². The standard InChI is InChI=1S/C14H23N5O/c1-9(2)12-16-8-10(18-15)11(17-12)13(20)19-7-5-6-14(19,3)4/h8-9,18H,5-7,15H2,1-4H3. The number of nitrogens with two attached hydrogens (primary N) is 1. The lowest BCUT2D eigenvalue weighted by Gasteiger charge is -2.31. The average Bonchev–Trinajstić information content (AvgIpc) is 2.76. The zero-order valence-corrected chi connectivity index (χ0v) is 12.6. The number of likely N-dealkylation sites (tertiary alicyclic amines) is 1. The molecule has 1 aromatic rings. The van der Waals surface area contributed by atoms with Crippen LogP contribution in [-0.4, -0.2) is 32.9 Å². The molecule has 0 spiro atoms. The van der Waals surface area contributed by atoms with Crippen LogP contribution in [0.15, 0.2) is 6.20 Å². The van der Waals surface area contributed by atoms with Crippen LogP contribution in [0.3, 0.4) is 0 Å². The van der Waals surface area contributed by atoms with Crippen molar-refractivity contribution >= 4 is 11.6 Å². The molecule has 0 radical (unpaired) electrons. The number of hydrazine groups is 1. The summed E-state index contributed by atoms with van der Waals surface area (Å²) in [7, 11) is 0. The second-order valence-corrected chi connectivity index (χ2v) is 6.16. The van der Waals surface area contributed by atoms with Gasteiger partial charge in [0.1, 0.15) is 5.82 Å². The van der Waals surface area contributed by atoms with Gasteiger partial charge in [0.25, 0.3) is 5.91 Å². The average molecular weight is 277 g/mol. The Bertz CT molecular complexity index is 512. The van der Waals surface area contributed by atoms with E-state index in [-0.39, 0.29) is 17.4 Å². The van der Waals surface area contributed by atoms with E-state index in [9.17, 15) is 4.79 Å². The van der Waals surface area contributed by atoms with Gasteiger partial charge >= 0.3 is 0 Å². The van der Waals surface area contributed by atoms with E-state index in [1.165, 1.54) is 0 Å². The highest BCUT2D eigenvalue weighted by molar-refractivity contribution is 5.98. The Kier molecular flexibility index (Phi) is 3.94. The van der Waals surface area contributed by atoms with Crippen LogP contribution in [0.2, 0.25) is 0 Å². The van der Waals surface area contributed by atoms with Crippen LogP contribution in [0.4, 0.5) is 5.69 Å². The summed E-state index contributed by atoms with van der Waals surface area (Å²) in [6.45, 7) is 8.92. The van der Waals surface area contributed by atoms with Gasteiger partial charge in [0.05, 0.1) is 11.9 Å². The maximum Gasteiger partial charge on any atom is 0.275 e. The lowest BCUT2D eigenvalue weighted by Crippen LogP contribution is -2.43. The van der Waals surface area contributed by atoms with Crippen molar-refractivity contribution in [2.24, 2.45) is 5.84 Å². The number of anilines is 1. The first-order valence-corrected chi connectivity index (χ1v) is 7.02. The van der Waals surface area contributed by atoms with Gasteiger partial charge in [-0.25, -0.2) is 9.97 Å². The van der Waals surface area contributed by atoms with Crippen LogP contribution in [0.1, 0.15) is 62.8 Å². The number of aromatic nitrogens is 2. The van der Waals surface area contributed by atoms with E-state index < -0.39 is 0 Å². The molecule has 0 atom stereocenters. The normalized spacial score (nSPS) is 17.6. The monoisotopic (exact) mass is 277 g/mol. The molecule has 0 aliphatic carbocycles. The fourth-order valence-corrected chi connectivity index (χ4v) is 2.55. The van der Waals surface area contributed by atoms with Gasteiger partial charge in [0, 0.05) is 18.0 Å². The SMILES string of the molecule is CC(C)c1ncc(NN)c(C(=O)N2CCCC2(C)C)n1. The molecule has 3 N–H and O–H groups in total. The number of nitrogens with one attached hydrogen (secondary N) is 1. The number of amides is 1. The molecular weight excluding hydrogens is 254 g/mol. The first-order valence-electron chi connectivity index (χ1n) is 7.02. The Hall–Kier alpha value is -1.69. The highest BCUT2D eigenvalue weighted by atomic mass is 16.2. The first-order chi connectivity index (χ1) is 9.36. The molecule has 1 aliphatic heterocycles. The van der Waals surface area contributed by atoms with Gasteiger partial charge in [-0.3, -0.25) is 10.6 Å². The molecule has 20 heavy (non-hydrogen) atoms. The molecule has 6 heteroatoms. The predicted octanol–water partition coefficient (Wildman–Crippen LogP) is 1.90. The molecule has 0 unspecified atom stereocenters. The van der Waals surface area contributed by atoms with E-state index >= 15 is 0 Å². The first kappa shape index (κ1) is 14.7. The van der Waals surface area contributed by atoms with Crippen LogP contribution < -0.4 is 11.3 Å². The molecular formula is C14H23N5O. The summed E-state index contributed by atoms with van der Waals surface area (Å²) in [5, 5.41) is 0. The smallest absolute Gasteiger partial charge is 0.275 e. The van der Waals surface area contributed by atoms with Crippen molar-refractivity contribution in [1.29, 1.82) is 0 Å². The van der Waals surface area contributed by atoms with E-state index in [0.717, 1.165) is 19.4 Å². The summed E-state index contributed by atoms with van der Waals surface area (Å²) < 4.78 is 0. The van der Waals surface area contributed by atoms with E-state index in [4.69, 9.17) is 5.84 Å². The number of rotatable bonds is 3. The summed E-state index contributed by atoms with van der Waals surface area (Å²) in [5.74, 6) is 6.22. The number of hydrogen-bond acceptors (Lipinski definition) is 5. The molecule has 0 saturated carbocycles. The van der Waals surface area contributed by atoms with E-state index in [1.807, 2.05) is 18.7 Å². The third-order valence-corrected chi connectivity index (χ3v) is 3.83. The van der Waals surface area contributed by atoms with Gasteiger partial charge in [0.2, 0.25) is 0 Å². The lowest BCUT2D eigenvalue weighted by atomic mass is 10.0. The summed E-state index contributed by atoms with van der Waals surface area (Å²) >= 11 is 0. The van der Waals surface area contributed by atoms with E-state index in [2.05, 4.69) is 29.2 Å². The lowest BCUT2D eigenvalue weighted by molar-refractivity contribution is 0.0646. The van der Waals surface area contributed by atoms with E-state index in [1.54, 1.807) is 6.20 Å². The Balaban J connectivity index is 2.40. The van der Waals surface area contributed by atoms with Gasteiger partial charge in [-0.05, 0) is 26.7 Å². The fraction of sp³-hybridized carbons (Fsp3) is 0.643. The van der Waals surface area contributed by atoms with Gasteiger partial charge in [-0.2, -0.15) is 0 Å². The Morgan fingerprint density at radius 2 is 2.20 bits per heavy atom. The predicted molar refractivity (Wildman–Crippen MR) is 78.3 cm³/mol. The number of nitrogen functional groups attached to an aromatic ring is 1. The highest BCUT2D eigenvalue weighted by Gasteiger charge is 2.37. The van der Waals surface area contributed by atoms with Crippen LogP contribution >= 0.6 is 0 Å². The largest absolute Gasteiger partial charge is 0.332 e. The maximum atomic E-state index is 12.8. The van der Waals surface area contributed by atoms with Crippen LogP contribution in [0.5, 0.6) is 0 Å². The number of carbonyl (C=O) groups is 1. The van der Waals surface area contributed by atoms with Gasteiger partial charge in [-0.1, -0.05) is 13.8 Å². The molecule has 1 aromatic heterocycles. The minimum absolute atomic E-state index is 0.0789. The molecule has 110 valence electrons. The molecule has 6 nitrogen and oxygen atoms in total. The second kappa shape index (κ2) is 5.36. The zero-order chi connectivity index (χ0) is 14.9. The Morgan fingerprint density at radius 3 is 2.70 bits per heavy atom. The van der Waals surface area contributed by atoms with Crippen molar-refractivity contribution < 1.29 is 4.79 Å². The molecule has 1 fully saturated rings. The molecule has 2 rings (SSSR count). The fourth-order valence-electron chi connectivity index (χ4n) is 2.55. The molecule has 1 amide bonds. The van der Waals surface area contributed by atoms with Crippen molar-refractivity contribution in [2.75, 3.05) is 12.0 Å². The summed E-state index contributed by atoms with van der Waals surface area (Å²) in [5.41, 5.74) is 3.22. The number of carbonyl (C=O) groups excluding carboxylic acids is 1. The molecule has 0 bridgehead atoms. The minimum atomic E-state index is -0.133. The van der Waals surface area contributed by atoms with E-state index in [0.29, 0.717) is 17.2 Å². The van der Waals surface area contributed by atoms with Crippen LogP contribution in [-0.2, 0) is 0 Å². The van der Waals surface area contributed by atoms with Crippen molar-refractivity contribution in [3.8, 4) is 0 Å². The third-order valence-electron chi connectivity index (χ3n) is 3.83. The van der Waals surface area contributed by atoms with Gasteiger partial charge < -0.3 is 10.3 Å². The highest BCUT2D eigenvalue weighted by Crippen LogP contribution is 2.30. The summed E-state index contributed by atoms with van der Waals surface area (Å²) in [6.07, 6.45) is 3.61. The number of hydrogen-bond donors (Lipinski definition) is 2. The second-order valence-electron chi connectivity index (χ2n) is 6.16.